The van der Waals surface area contributed by atoms with Gasteiger partial charge in [0.2, 0.25) is 0 Å². The summed E-state index contributed by atoms with van der Waals surface area (Å²) in [7, 11) is 1.26. The summed E-state index contributed by atoms with van der Waals surface area (Å²) in [5.41, 5.74) is 1.34. The van der Waals surface area contributed by atoms with Crippen LogP contribution in [-0.4, -0.2) is 23.0 Å². The molecule has 1 aromatic heterocycles. The molecule has 0 fully saturated rings. The highest BCUT2D eigenvalue weighted by Gasteiger charge is 2.19. The largest absolute Gasteiger partial charge is 0.465 e. The second-order valence-corrected chi connectivity index (χ2v) is 4.79. The molecule has 1 heterocycles. The van der Waals surface area contributed by atoms with Crippen LogP contribution in [0, 0.1) is 5.82 Å². The molecule has 0 bridgehead atoms. The fourth-order valence-corrected chi connectivity index (χ4v) is 2.23. The zero-order valence-corrected chi connectivity index (χ0v) is 12.4. The van der Waals surface area contributed by atoms with Gasteiger partial charge in [0.25, 0.3) is 0 Å². The maximum atomic E-state index is 14.1. The van der Waals surface area contributed by atoms with Crippen LogP contribution >= 0.6 is 0 Å². The van der Waals surface area contributed by atoms with Crippen molar-refractivity contribution in [3.05, 3.63) is 72.2 Å². The highest BCUT2D eigenvalue weighted by molar-refractivity contribution is 5.96. The summed E-state index contributed by atoms with van der Waals surface area (Å²) in [5.74, 6) is -0.658. The van der Waals surface area contributed by atoms with E-state index in [4.69, 9.17) is 4.74 Å². The average Bonchev–Trinajstić information content (AvgIpc) is 2.62. The maximum Gasteiger partial charge on any atom is 0.341 e. The third-order valence-corrected chi connectivity index (χ3v) is 3.36. The number of carbonyl (C=O) groups excluding carboxylic acids is 1. The lowest BCUT2D eigenvalue weighted by Crippen LogP contribution is -2.08. The third kappa shape index (κ3) is 2.94. The number of aromatic nitrogens is 2. The Morgan fingerprint density at radius 3 is 2.43 bits per heavy atom. The molecule has 0 N–H and O–H groups in total. The topological polar surface area (TPSA) is 52.1 Å². The molecule has 114 valence electrons. The van der Waals surface area contributed by atoms with Crippen molar-refractivity contribution in [1.29, 1.82) is 0 Å². The molecule has 0 saturated carbocycles. The van der Waals surface area contributed by atoms with E-state index in [9.17, 15) is 9.18 Å². The number of nitrogens with zero attached hydrogens (tertiary/aromatic N) is 2. The first kappa shape index (κ1) is 14.8. The molecule has 0 aliphatic heterocycles. The molecule has 4 nitrogen and oxygen atoms in total. The van der Waals surface area contributed by atoms with Gasteiger partial charge in [-0.2, -0.15) is 0 Å². The number of benzene rings is 2. The van der Waals surface area contributed by atoms with Crippen LogP contribution in [0.25, 0.3) is 22.6 Å². The zero-order chi connectivity index (χ0) is 16.2. The van der Waals surface area contributed by atoms with Gasteiger partial charge in [-0.15, -0.1) is 0 Å². The van der Waals surface area contributed by atoms with Crippen molar-refractivity contribution in [1.82, 2.24) is 9.97 Å². The van der Waals surface area contributed by atoms with Crippen LogP contribution in [0.4, 0.5) is 4.39 Å². The maximum absolute atomic E-state index is 14.1. The van der Waals surface area contributed by atoms with E-state index in [1.165, 1.54) is 19.4 Å². The number of ether oxygens (including phenoxy) is 1. The summed E-state index contributed by atoms with van der Waals surface area (Å²) >= 11 is 0. The van der Waals surface area contributed by atoms with Crippen molar-refractivity contribution in [2.75, 3.05) is 7.11 Å². The van der Waals surface area contributed by atoms with E-state index < -0.39 is 11.8 Å². The van der Waals surface area contributed by atoms with Crippen molar-refractivity contribution >= 4 is 5.97 Å². The molecule has 0 aliphatic carbocycles. The smallest absolute Gasteiger partial charge is 0.341 e. The van der Waals surface area contributed by atoms with Crippen molar-refractivity contribution in [2.45, 2.75) is 0 Å². The van der Waals surface area contributed by atoms with Crippen LogP contribution in [0.1, 0.15) is 10.4 Å². The Morgan fingerprint density at radius 2 is 1.74 bits per heavy atom. The van der Waals surface area contributed by atoms with Gasteiger partial charge in [-0.25, -0.2) is 19.2 Å². The monoisotopic (exact) mass is 308 g/mol. The molecule has 2 aromatic carbocycles. The van der Waals surface area contributed by atoms with Crippen LogP contribution < -0.4 is 0 Å². The Bertz CT molecular complexity index is 851. The Hall–Kier alpha value is -3.08. The summed E-state index contributed by atoms with van der Waals surface area (Å²) in [6.45, 7) is 0. The highest BCUT2D eigenvalue weighted by atomic mass is 19.1. The minimum absolute atomic E-state index is 0.122. The molecule has 3 rings (SSSR count). The number of carbonyl (C=O) groups is 1. The fourth-order valence-electron chi connectivity index (χ4n) is 2.23. The van der Waals surface area contributed by atoms with Crippen molar-refractivity contribution in [3.63, 3.8) is 0 Å². The van der Waals surface area contributed by atoms with Crippen LogP contribution in [0.3, 0.4) is 0 Å². The van der Waals surface area contributed by atoms with Gasteiger partial charge in [-0.3, -0.25) is 0 Å². The Morgan fingerprint density at radius 1 is 1.04 bits per heavy atom. The van der Waals surface area contributed by atoms with E-state index in [0.717, 1.165) is 5.56 Å². The first-order valence-electron chi connectivity index (χ1n) is 6.96. The molecule has 0 aliphatic rings. The minimum atomic E-state index is -0.608. The third-order valence-electron chi connectivity index (χ3n) is 3.36. The van der Waals surface area contributed by atoms with E-state index in [-0.39, 0.29) is 16.8 Å². The Labute approximate surface area is 132 Å². The second kappa shape index (κ2) is 6.36. The van der Waals surface area contributed by atoms with Crippen molar-refractivity contribution in [3.8, 4) is 22.6 Å². The van der Waals surface area contributed by atoms with Crippen LogP contribution in [0.5, 0.6) is 0 Å². The average molecular weight is 308 g/mol. The molecule has 0 unspecified atom stereocenters. The van der Waals surface area contributed by atoms with Gasteiger partial charge < -0.3 is 4.74 Å². The Balaban J connectivity index is 2.21. The van der Waals surface area contributed by atoms with Crippen molar-refractivity contribution in [2.24, 2.45) is 0 Å². The normalized spacial score (nSPS) is 10.3. The number of hydrogen-bond donors (Lipinski definition) is 0. The number of esters is 1. The summed E-state index contributed by atoms with van der Waals surface area (Å²) in [6, 6.07) is 15.4. The zero-order valence-electron chi connectivity index (χ0n) is 12.4. The lowest BCUT2D eigenvalue weighted by Gasteiger charge is -2.10. The Kier molecular flexibility index (Phi) is 4.10. The van der Waals surface area contributed by atoms with Gasteiger partial charge in [0.1, 0.15) is 11.4 Å². The van der Waals surface area contributed by atoms with Gasteiger partial charge >= 0.3 is 5.97 Å². The first-order valence-corrected chi connectivity index (χ1v) is 6.96. The molecule has 0 spiro atoms. The van der Waals surface area contributed by atoms with E-state index in [0.29, 0.717) is 5.82 Å². The summed E-state index contributed by atoms with van der Waals surface area (Å²) in [4.78, 5) is 20.5. The van der Waals surface area contributed by atoms with Gasteiger partial charge in [-0.05, 0) is 12.1 Å². The molecule has 5 heteroatoms. The molecule has 3 aromatic rings. The predicted octanol–water partition coefficient (Wildman–Crippen LogP) is 3.74. The predicted molar refractivity (Wildman–Crippen MR) is 84.2 cm³/mol. The van der Waals surface area contributed by atoms with Gasteiger partial charge in [-0.1, -0.05) is 42.5 Å². The number of hydrogen-bond acceptors (Lipinski definition) is 4. The molecule has 0 atom stereocenters. The summed E-state index contributed by atoms with van der Waals surface area (Å²) < 4.78 is 18.9. The number of halogens is 1. The summed E-state index contributed by atoms with van der Waals surface area (Å²) in [6.07, 6.45) is 1.36. The van der Waals surface area contributed by atoms with E-state index in [1.54, 1.807) is 18.2 Å². The van der Waals surface area contributed by atoms with Gasteiger partial charge in [0.15, 0.2) is 5.82 Å². The van der Waals surface area contributed by atoms with E-state index in [2.05, 4.69) is 9.97 Å². The number of methoxy groups -OCH3 is 1. The fraction of sp³-hybridized carbons (Fsp3) is 0.0556. The highest BCUT2D eigenvalue weighted by Crippen LogP contribution is 2.27. The van der Waals surface area contributed by atoms with E-state index >= 15 is 0 Å². The van der Waals surface area contributed by atoms with Gasteiger partial charge in [0, 0.05) is 17.3 Å². The molecule has 0 radical (unpaired) electrons. The van der Waals surface area contributed by atoms with Crippen molar-refractivity contribution < 1.29 is 13.9 Å². The van der Waals surface area contributed by atoms with Crippen LogP contribution in [-0.2, 0) is 4.74 Å². The van der Waals surface area contributed by atoms with E-state index in [1.807, 2.05) is 30.3 Å². The summed E-state index contributed by atoms with van der Waals surface area (Å²) in [5, 5.41) is 0. The first-order chi connectivity index (χ1) is 11.2. The lowest BCUT2D eigenvalue weighted by atomic mass is 10.1. The quantitative estimate of drug-likeness (QED) is 0.692. The molecule has 0 saturated heterocycles. The number of rotatable bonds is 3. The van der Waals surface area contributed by atoms with Gasteiger partial charge in [0.05, 0.1) is 12.8 Å². The second-order valence-electron chi connectivity index (χ2n) is 4.79. The standard InChI is InChI=1S/C18H13FN2O2/c1-23-18(22)14-11-20-17(12-7-3-2-4-8-12)21-16(14)13-9-5-6-10-15(13)19/h2-11H,1H3. The SMILES string of the molecule is COC(=O)c1cnc(-c2ccccc2)nc1-c1ccccc1F. The molecular formula is C18H13FN2O2. The molecule has 0 amide bonds. The lowest BCUT2D eigenvalue weighted by molar-refractivity contribution is 0.0601. The van der Waals surface area contributed by atoms with Crippen LogP contribution in [0.2, 0.25) is 0 Å². The molecule has 23 heavy (non-hydrogen) atoms. The van der Waals surface area contributed by atoms with Crippen LogP contribution in [0.15, 0.2) is 60.8 Å². The minimum Gasteiger partial charge on any atom is -0.465 e. The molecular weight excluding hydrogens is 295 g/mol.